The SMILES string of the molecule is [C]1[Si]C=CP1. The van der Waals surface area contributed by atoms with Gasteiger partial charge in [0.25, 0.3) is 0 Å². The molecule has 1 aliphatic heterocycles. The first-order valence-electron chi connectivity index (χ1n) is 1.41. The van der Waals surface area contributed by atoms with Gasteiger partial charge >= 0.3 is 0 Å². The standard InChI is InChI=1S/C3H3PSi/c1-2-5-3-4-1/h1-2,4H. The van der Waals surface area contributed by atoms with E-state index in [-0.39, 0.29) is 0 Å². The zero-order valence-electron chi connectivity index (χ0n) is 2.65. The van der Waals surface area contributed by atoms with E-state index in [2.05, 4.69) is 17.3 Å². The molecule has 5 heavy (non-hydrogen) atoms. The minimum atomic E-state index is 0.890. The Labute approximate surface area is 36.3 Å². The summed E-state index contributed by atoms with van der Waals surface area (Å²) in [6.07, 6.45) is 0. The Morgan fingerprint density at radius 2 is 2.80 bits per heavy atom. The second-order valence-corrected chi connectivity index (χ2v) is 2.99. The van der Waals surface area contributed by atoms with Crippen LogP contribution in [0.4, 0.5) is 0 Å². The average Bonchev–Trinajstić information content (AvgIpc) is 1.76. The Morgan fingerprint density at radius 1 is 1.80 bits per heavy atom. The van der Waals surface area contributed by atoms with E-state index in [1.807, 2.05) is 0 Å². The van der Waals surface area contributed by atoms with Gasteiger partial charge in [0, 0.05) is 5.79 Å². The van der Waals surface area contributed by atoms with E-state index in [9.17, 15) is 0 Å². The van der Waals surface area contributed by atoms with Gasteiger partial charge in [0.2, 0.25) is 0 Å². The van der Waals surface area contributed by atoms with Gasteiger partial charge in [-0.05, 0) is 0 Å². The number of hydrogen-bond acceptors (Lipinski definition) is 0. The minimum absolute atomic E-state index is 0.890. The monoisotopic (exact) mass is 98.0 g/mol. The molecular weight excluding hydrogens is 95.1 g/mol. The normalized spacial score (nSPS) is 25.6. The predicted octanol–water partition coefficient (Wildman–Crippen LogP) is 0.850. The summed E-state index contributed by atoms with van der Waals surface area (Å²) < 4.78 is 0. The smallest absolute Gasteiger partial charge is 0.0845 e. The Balaban J connectivity index is 2.32. The van der Waals surface area contributed by atoms with Crippen LogP contribution in [0.2, 0.25) is 0 Å². The highest BCUT2D eigenvalue weighted by molar-refractivity contribution is 7.48. The molecule has 0 aromatic rings. The first kappa shape index (κ1) is 3.57. The van der Waals surface area contributed by atoms with Crippen molar-refractivity contribution in [2.75, 3.05) is 0 Å². The molecule has 1 unspecified atom stereocenters. The van der Waals surface area contributed by atoms with E-state index < -0.39 is 0 Å². The van der Waals surface area contributed by atoms with Crippen LogP contribution < -0.4 is 0 Å². The van der Waals surface area contributed by atoms with Crippen LogP contribution in [0.1, 0.15) is 0 Å². The lowest BCUT2D eigenvalue weighted by Gasteiger charge is -1.66. The molecule has 0 N–H and O–H groups in total. The third kappa shape index (κ3) is 0.861. The lowest BCUT2D eigenvalue weighted by atomic mass is 11.2. The van der Waals surface area contributed by atoms with Crippen LogP contribution in [-0.2, 0) is 0 Å². The van der Waals surface area contributed by atoms with Gasteiger partial charge in [-0.15, -0.1) is 0 Å². The number of hydrogen-bond donors (Lipinski definition) is 0. The van der Waals surface area contributed by atoms with Crippen molar-refractivity contribution in [1.82, 2.24) is 0 Å². The molecule has 2 heteroatoms. The Bertz CT molecular complexity index is 44.9. The van der Waals surface area contributed by atoms with Crippen molar-refractivity contribution < 1.29 is 0 Å². The molecule has 0 aromatic carbocycles. The Hall–Kier alpha value is 0.387. The first-order valence-corrected chi connectivity index (χ1v) is 3.57. The van der Waals surface area contributed by atoms with Gasteiger partial charge in [0.1, 0.15) is 0 Å². The molecule has 4 radical (unpaired) electrons. The van der Waals surface area contributed by atoms with Gasteiger partial charge in [-0.2, -0.15) is 0 Å². The van der Waals surface area contributed by atoms with Crippen molar-refractivity contribution in [3.05, 3.63) is 17.3 Å². The van der Waals surface area contributed by atoms with E-state index in [1.165, 1.54) is 0 Å². The molecule has 1 atom stereocenters. The van der Waals surface area contributed by atoms with Crippen LogP contribution in [0, 0.1) is 5.79 Å². The van der Waals surface area contributed by atoms with Crippen LogP contribution in [0.15, 0.2) is 11.5 Å². The lowest BCUT2D eigenvalue weighted by Crippen LogP contribution is -1.67. The van der Waals surface area contributed by atoms with E-state index in [1.54, 1.807) is 0 Å². The molecule has 1 heterocycles. The van der Waals surface area contributed by atoms with E-state index in [0.29, 0.717) is 0 Å². The second kappa shape index (κ2) is 1.73. The van der Waals surface area contributed by atoms with Crippen molar-refractivity contribution in [3.8, 4) is 0 Å². The summed E-state index contributed by atoms with van der Waals surface area (Å²) in [5.74, 6) is 5.33. The van der Waals surface area contributed by atoms with Gasteiger partial charge in [-0.25, -0.2) is 0 Å². The quantitative estimate of drug-likeness (QED) is 0.311. The van der Waals surface area contributed by atoms with E-state index in [4.69, 9.17) is 0 Å². The fourth-order valence-corrected chi connectivity index (χ4v) is 1.88. The molecule has 0 aliphatic carbocycles. The van der Waals surface area contributed by atoms with Crippen LogP contribution in [0.5, 0.6) is 0 Å². The van der Waals surface area contributed by atoms with Crippen LogP contribution in [0.25, 0.3) is 0 Å². The molecule has 0 fully saturated rings. The Morgan fingerprint density at radius 3 is 3.00 bits per heavy atom. The lowest BCUT2D eigenvalue weighted by molar-refractivity contribution is 2.50. The third-order valence-electron chi connectivity index (χ3n) is 0.394. The molecule has 0 amide bonds. The second-order valence-electron chi connectivity index (χ2n) is 0.747. The zero-order valence-corrected chi connectivity index (χ0v) is 4.65. The topological polar surface area (TPSA) is 0 Å². The highest BCUT2D eigenvalue weighted by Gasteiger charge is 1.87. The molecule has 0 saturated heterocycles. The summed E-state index contributed by atoms with van der Waals surface area (Å²) in [7, 11) is 1.78. The van der Waals surface area contributed by atoms with Gasteiger partial charge in [-0.1, -0.05) is 20.1 Å². The molecule has 0 saturated carbocycles. The molecule has 1 rings (SSSR count). The zero-order chi connectivity index (χ0) is 3.54. The maximum Gasteiger partial charge on any atom is 0.0845 e. The van der Waals surface area contributed by atoms with Crippen molar-refractivity contribution in [1.29, 1.82) is 0 Å². The van der Waals surface area contributed by atoms with Crippen molar-refractivity contribution >= 4 is 18.1 Å². The van der Waals surface area contributed by atoms with Gasteiger partial charge < -0.3 is 0 Å². The summed E-state index contributed by atoms with van der Waals surface area (Å²) >= 11 is 0. The van der Waals surface area contributed by atoms with Gasteiger partial charge in [0.15, 0.2) is 0 Å². The average molecular weight is 98.1 g/mol. The minimum Gasteiger partial charge on any atom is -0.0975 e. The van der Waals surface area contributed by atoms with Crippen LogP contribution >= 0.6 is 8.58 Å². The first-order chi connectivity index (χ1) is 2.50. The van der Waals surface area contributed by atoms with Crippen molar-refractivity contribution in [2.45, 2.75) is 0 Å². The maximum absolute atomic E-state index is 3.17. The maximum atomic E-state index is 3.17. The van der Waals surface area contributed by atoms with Crippen LogP contribution in [0.3, 0.4) is 0 Å². The van der Waals surface area contributed by atoms with Crippen molar-refractivity contribution in [3.63, 3.8) is 0 Å². The Kier molecular flexibility index (Phi) is 1.24. The molecule has 0 spiro atoms. The molecule has 1 aliphatic rings. The molecule has 24 valence electrons. The largest absolute Gasteiger partial charge is 0.0975 e. The van der Waals surface area contributed by atoms with Crippen LogP contribution in [-0.4, -0.2) is 9.52 Å². The molecule has 0 bridgehead atoms. The van der Waals surface area contributed by atoms with Gasteiger partial charge in [0.05, 0.1) is 9.52 Å². The third-order valence-corrected chi connectivity index (χ3v) is 2.55. The highest BCUT2D eigenvalue weighted by Crippen LogP contribution is 2.19. The summed E-state index contributed by atoms with van der Waals surface area (Å²) in [5, 5.41) is 0. The molecular formula is C3H3PSi. The summed E-state index contributed by atoms with van der Waals surface area (Å²) in [4.78, 5) is 0. The summed E-state index contributed by atoms with van der Waals surface area (Å²) in [6.45, 7) is 0. The van der Waals surface area contributed by atoms with Gasteiger partial charge in [-0.3, -0.25) is 0 Å². The summed E-state index contributed by atoms with van der Waals surface area (Å²) in [5.41, 5.74) is 2.17. The van der Waals surface area contributed by atoms with Crippen molar-refractivity contribution in [2.24, 2.45) is 0 Å². The van der Waals surface area contributed by atoms with E-state index in [0.717, 1.165) is 18.1 Å². The summed E-state index contributed by atoms with van der Waals surface area (Å²) in [6, 6.07) is 0. The van der Waals surface area contributed by atoms with E-state index >= 15 is 0 Å². The fourth-order valence-electron chi connectivity index (χ4n) is 0.208. The molecule has 0 aromatic heterocycles. The predicted molar refractivity (Wildman–Crippen MR) is 26.5 cm³/mol. The molecule has 0 nitrogen and oxygen atoms in total. The highest BCUT2D eigenvalue weighted by atomic mass is 31.1. The number of rotatable bonds is 0. The fraction of sp³-hybridized carbons (Fsp3) is 0.